The highest BCUT2D eigenvalue weighted by Crippen LogP contribution is 2.36. The van der Waals surface area contributed by atoms with Crippen LogP contribution in [0, 0.1) is 13.8 Å². The molecule has 0 aliphatic carbocycles. The fraction of sp³-hybridized carbons (Fsp3) is 0.200. The molecule has 0 atom stereocenters. The lowest BCUT2D eigenvalue weighted by Crippen LogP contribution is -1.89. The molecule has 0 aliphatic rings. The van der Waals surface area contributed by atoms with Crippen LogP contribution in [0.1, 0.15) is 11.4 Å². The van der Waals surface area contributed by atoms with Gasteiger partial charge in [-0.25, -0.2) is 0 Å². The van der Waals surface area contributed by atoms with Crippen LogP contribution in [0.2, 0.25) is 0 Å². The first-order valence-corrected chi connectivity index (χ1v) is 8.09. The molecule has 2 heterocycles. The average molecular weight is 316 g/mol. The Morgan fingerprint density at radius 1 is 0.625 bits per heavy atom. The van der Waals surface area contributed by atoms with Gasteiger partial charge in [0.25, 0.3) is 0 Å². The molecule has 0 unspecified atom stereocenters. The molecule has 24 heavy (non-hydrogen) atoms. The number of fused-ring (bicyclic) bond motifs is 2. The number of hydrogen-bond acceptors (Lipinski definition) is 2. The molecule has 0 fully saturated rings. The first kappa shape index (κ1) is 14.7. The fourth-order valence-corrected chi connectivity index (χ4v) is 3.35. The van der Waals surface area contributed by atoms with E-state index >= 15 is 0 Å². The van der Waals surface area contributed by atoms with Crippen LogP contribution in [0.4, 0.5) is 11.4 Å². The summed E-state index contributed by atoms with van der Waals surface area (Å²) in [5, 5.41) is 11.6. The molecule has 0 amide bonds. The lowest BCUT2D eigenvalue weighted by atomic mass is 10.2. The summed E-state index contributed by atoms with van der Waals surface area (Å²) in [7, 11) is 4.14. The van der Waals surface area contributed by atoms with Crippen LogP contribution in [0.3, 0.4) is 0 Å². The second kappa shape index (κ2) is 5.34. The van der Waals surface area contributed by atoms with Crippen LogP contribution in [-0.2, 0) is 14.1 Å². The Morgan fingerprint density at radius 3 is 1.42 bits per heavy atom. The molecule has 0 aliphatic heterocycles. The van der Waals surface area contributed by atoms with Gasteiger partial charge in [-0.3, -0.25) is 0 Å². The molecule has 120 valence electrons. The molecule has 0 saturated carbocycles. The van der Waals surface area contributed by atoms with Gasteiger partial charge in [-0.05, 0) is 26.0 Å². The maximum absolute atomic E-state index is 4.64. The highest BCUT2D eigenvalue weighted by Gasteiger charge is 2.13. The number of benzene rings is 2. The maximum atomic E-state index is 4.64. The highest BCUT2D eigenvalue weighted by atomic mass is 15.1. The minimum absolute atomic E-state index is 0.945. The number of nitrogens with zero attached hydrogens (tertiary/aromatic N) is 4. The van der Waals surface area contributed by atoms with Gasteiger partial charge < -0.3 is 9.13 Å². The molecule has 4 rings (SSSR count). The molecular weight excluding hydrogens is 296 g/mol. The fourth-order valence-electron chi connectivity index (χ4n) is 3.35. The minimum Gasteiger partial charge on any atom is -0.346 e. The Bertz CT molecular complexity index is 1010. The first-order valence-electron chi connectivity index (χ1n) is 8.09. The molecule has 0 bridgehead atoms. The van der Waals surface area contributed by atoms with Crippen molar-refractivity contribution in [3.8, 4) is 0 Å². The van der Waals surface area contributed by atoms with Gasteiger partial charge >= 0.3 is 0 Å². The zero-order chi connectivity index (χ0) is 16.8. The summed E-state index contributed by atoms with van der Waals surface area (Å²) < 4.78 is 4.33. The number of azo groups is 1. The second-order valence-corrected chi connectivity index (χ2v) is 6.22. The van der Waals surface area contributed by atoms with E-state index in [9.17, 15) is 0 Å². The van der Waals surface area contributed by atoms with Crippen LogP contribution in [0.25, 0.3) is 21.8 Å². The Labute approximate surface area is 141 Å². The van der Waals surface area contributed by atoms with Crippen molar-refractivity contribution in [3.63, 3.8) is 0 Å². The van der Waals surface area contributed by atoms with Gasteiger partial charge in [0.05, 0.1) is 11.0 Å². The quantitative estimate of drug-likeness (QED) is 0.425. The summed E-state index contributed by atoms with van der Waals surface area (Å²) in [4.78, 5) is 0. The van der Waals surface area contributed by atoms with Crippen molar-refractivity contribution in [1.82, 2.24) is 9.13 Å². The van der Waals surface area contributed by atoms with Crippen LogP contribution < -0.4 is 0 Å². The van der Waals surface area contributed by atoms with Crippen molar-refractivity contribution in [3.05, 3.63) is 59.9 Å². The highest BCUT2D eigenvalue weighted by molar-refractivity contribution is 5.95. The topological polar surface area (TPSA) is 34.6 Å². The summed E-state index contributed by atoms with van der Waals surface area (Å²) >= 11 is 0. The standard InChI is InChI=1S/C20H20N4/c1-13-19(15-9-5-7-11-17(15)23(13)3)21-22-20-14(2)24(4)18-12-8-6-10-16(18)20/h5-12H,1-4H3. The predicted molar refractivity (Wildman–Crippen MR) is 99.5 cm³/mol. The van der Waals surface area contributed by atoms with E-state index in [0.717, 1.165) is 33.5 Å². The zero-order valence-corrected chi connectivity index (χ0v) is 14.4. The smallest absolute Gasteiger partial charge is 0.114 e. The lowest BCUT2D eigenvalue weighted by molar-refractivity contribution is 0.910. The van der Waals surface area contributed by atoms with Gasteiger partial charge in [-0.1, -0.05) is 36.4 Å². The number of aryl methyl sites for hydroxylation is 2. The number of rotatable bonds is 2. The van der Waals surface area contributed by atoms with E-state index in [1.165, 1.54) is 11.0 Å². The third kappa shape index (κ3) is 1.99. The largest absolute Gasteiger partial charge is 0.346 e. The van der Waals surface area contributed by atoms with E-state index in [1.807, 2.05) is 12.1 Å². The molecule has 4 heteroatoms. The number of aromatic nitrogens is 2. The molecule has 0 saturated heterocycles. The van der Waals surface area contributed by atoms with Crippen LogP contribution in [-0.4, -0.2) is 9.13 Å². The van der Waals surface area contributed by atoms with E-state index in [2.05, 4.69) is 83.7 Å². The molecule has 4 nitrogen and oxygen atoms in total. The van der Waals surface area contributed by atoms with Crippen molar-refractivity contribution < 1.29 is 0 Å². The van der Waals surface area contributed by atoms with Gasteiger partial charge in [0.15, 0.2) is 0 Å². The molecule has 0 N–H and O–H groups in total. The SMILES string of the molecule is Cc1c(N=Nc2c(C)n(C)c3ccccc23)c2ccccc2n1C. The Balaban J connectivity index is 1.91. The first-order chi connectivity index (χ1) is 11.6. The summed E-state index contributed by atoms with van der Waals surface area (Å²) in [5.41, 5.74) is 6.49. The van der Waals surface area contributed by atoms with Gasteiger partial charge in [0.2, 0.25) is 0 Å². The molecule has 0 spiro atoms. The zero-order valence-electron chi connectivity index (χ0n) is 14.4. The maximum Gasteiger partial charge on any atom is 0.114 e. The number of hydrogen-bond donors (Lipinski definition) is 0. The van der Waals surface area contributed by atoms with Crippen molar-refractivity contribution in [2.75, 3.05) is 0 Å². The van der Waals surface area contributed by atoms with E-state index in [0.29, 0.717) is 0 Å². The third-order valence-corrected chi connectivity index (χ3v) is 4.98. The van der Waals surface area contributed by atoms with Crippen LogP contribution in [0.15, 0.2) is 58.8 Å². The summed E-state index contributed by atoms with van der Waals surface area (Å²) in [6.07, 6.45) is 0. The summed E-state index contributed by atoms with van der Waals surface area (Å²) in [6.45, 7) is 4.18. The van der Waals surface area contributed by atoms with Gasteiger partial charge in [0.1, 0.15) is 11.4 Å². The predicted octanol–water partition coefficient (Wildman–Crippen LogP) is 5.70. The molecule has 2 aromatic heterocycles. The Kier molecular flexibility index (Phi) is 3.27. The van der Waals surface area contributed by atoms with Crippen molar-refractivity contribution in [2.24, 2.45) is 24.3 Å². The molecule has 4 aromatic rings. The normalized spacial score (nSPS) is 12.0. The average Bonchev–Trinajstić information content (AvgIpc) is 3.00. The van der Waals surface area contributed by atoms with Crippen molar-refractivity contribution >= 4 is 33.2 Å². The monoisotopic (exact) mass is 316 g/mol. The lowest BCUT2D eigenvalue weighted by Gasteiger charge is -1.97. The van der Waals surface area contributed by atoms with E-state index in [-0.39, 0.29) is 0 Å². The van der Waals surface area contributed by atoms with Crippen LogP contribution >= 0.6 is 0 Å². The van der Waals surface area contributed by atoms with Crippen LogP contribution in [0.5, 0.6) is 0 Å². The molecule has 0 radical (unpaired) electrons. The van der Waals surface area contributed by atoms with Gasteiger partial charge in [-0.2, -0.15) is 0 Å². The molecule has 2 aromatic carbocycles. The Hall–Kier alpha value is -2.88. The van der Waals surface area contributed by atoms with E-state index in [1.54, 1.807) is 0 Å². The van der Waals surface area contributed by atoms with Crippen molar-refractivity contribution in [2.45, 2.75) is 13.8 Å². The summed E-state index contributed by atoms with van der Waals surface area (Å²) in [5.74, 6) is 0. The van der Waals surface area contributed by atoms with E-state index in [4.69, 9.17) is 0 Å². The van der Waals surface area contributed by atoms with E-state index < -0.39 is 0 Å². The van der Waals surface area contributed by atoms with Gasteiger partial charge in [0, 0.05) is 36.3 Å². The summed E-state index contributed by atoms with van der Waals surface area (Å²) in [6, 6.07) is 16.6. The minimum atomic E-state index is 0.945. The third-order valence-electron chi connectivity index (χ3n) is 4.98. The van der Waals surface area contributed by atoms with Gasteiger partial charge in [-0.15, -0.1) is 10.2 Å². The van der Waals surface area contributed by atoms with Crippen molar-refractivity contribution in [1.29, 1.82) is 0 Å². The second-order valence-electron chi connectivity index (χ2n) is 6.22. The number of para-hydroxylation sites is 2. The Morgan fingerprint density at radius 2 is 1.00 bits per heavy atom. The molecular formula is C20H20N4.